The van der Waals surface area contributed by atoms with Gasteiger partial charge in [0.25, 0.3) is 0 Å². The van der Waals surface area contributed by atoms with Gasteiger partial charge < -0.3 is 19.3 Å². The summed E-state index contributed by atoms with van der Waals surface area (Å²) < 4.78 is 11.0. The summed E-state index contributed by atoms with van der Waals surface area (Å²) >= 11 is 0. The molecule has 160 valence electrons. The zero-order valence-corrected chi connectivity index (χ0v) is 17.6. The van der Waals surface area contributed by atoms with Gasteiger partial charge in [-0.05, 0) is 37.1 Å². The average Bonchev–Trinajstić information content (AvgIpc) is 3.28. The third kappa shape index (κ3) is 5.41. The lowest BCUT2D eigenvalue weighted by atomic mass is 10.2. The fourth-order valence-corrected chi connectivity index (χ4v) is 4.50. The first-order valence-electron chi connectivity index (χ1n) is 10.9. The Morgan fingerprint density at radius 2 is 1.69 bits per heavy atom. The van der Waals surface area contributed by atoms with Crippen LogP contribution in [-0.2, 0) is 9.53 Å². The first-order chi connectivity index (χ1) is 14.2. The van der Waals surface area contributed by atoms with Crippen LogP contribution in [0, 0.1) is 0 Å². The second-order valence-electron chi connectivity index (χ2n) is 8.28. The van der Waals surface area contributed by atoms with Crippen LogP contribution in [0.4, 0.5) is 5.69 Å². The Kier molecular flexibility index (Phi) is 6.90. The third-order valence-electron chi connectivity index (χ3n) is 6.38. The number of methoxy groups -OCH3 is 1. The highest BCUT2D eigenvalue weighted by molar-refractivity contribution is 5.78. The number of ether oxygens (including phenoxy) is 2. The van der Waals surface area contributed by atoms with Crippen molar-refractivity contribution >= 4 is 11.6 Å². The molecule has 0 aromatic heterocycles. The maximum Gasteiger partial charge on any atom is 0.236 e. The summed E-state index contributed by atoms with van der Waals surface area (Å²) in [5, 5.41) is 0. The minimum atomic E-state index is 0.270. The summed E-state index contributed by atoms with van der Waals surface area (Å²) in [6.45, 7) is 9.91. The monoisotopic (exact) mass is 402 g/mol. The topological polar surface area (TPSA) is 48.5 Å². The van der Waals surface area contributed by atoms with Crippen LogP contribution in [-0.4, -0.2) is 106 Å². The van der Waals surface area contributed by atoms with Crippen molar-refractivity contribution in [2.24, 2.45) is 0 Å². The Hall–Kier alpha value is -1.83. The average molecular weight is 403 g/mol. The first kappa shape index (κ1) is 20.4. The normalized spacial score (nSPS) is 24.1. The lowest BCUT2D eigenvalue weighted by molar-refractivity contribution is -0.133. The van der Waals surface area contributed by atoms with Crippen LogP contribution in [0.5, 0.6) is 5.75 Å². The van der Waals surface area contributed by atoms with Gasteiger partial charge in [0.15, 0.2) is 0 Å². The summed E-state index contributed by atoms with van der Waals surface area (Å²) in [6.07, 6.45) is 2.82. The van der Waals surface area contributed by atoms with Crippen LogP contribution in [0.2, 0.25) is 0 Å². The summed E-state index contributed by atoms with van der Waals surface area (Å²) in [7, 11) is 1.68. The molecule has 0 radical (unpaired) electrons. The molecule has 0 bridgehead atoms. The molecule has 0 saturated carbocycles. The van der Waals surface area contributed by atoms with Gasteiger partial charge in [-0.25, -0.2) is 0 Å². The van der Waals surface area contributed by atoms with Gasteiger partial charge >= 0.3 is 0 Å². The van der Waals surface area contributed by atoms with Gasteiger partial charge in [-0.15, -0.1) is 0 Å². The highest BCUT2D eigenvalue weighted by atomic mass is 16.5. The predicted molar refractivity (Wildman–Crippen MR) is 114 cm³/mol. The van der Waals surface area contributed by atoms with Crippen LogP contribution in [0.15, 0.2) is 24.3 Å². The SMILES string of the molecule is COc1ccc(N2CCN(C(=O)CN3CCN(CC4CCCO4)CC3)CC2)cc1. The third-order valence-corrected chi connectivity index (χ3v) is 6.38. The standard InChI is InChI=1S/C22H34N4O3/c1-28-20-6-4-19(5-7-20)25-12-14-26(15-13-25)22(27)18-24-10-8-23(9-11-24)17-21-3-2-16-29-21/h4-7,21H,2-3,8-18H2,1H3. The zero-order chi connectivity index (χ0) is 20.1. The van der Waals surface area contributed by atoms with Crippen LogP contribution in [0.1, 0.15) is 12.8 Å². The molecule has 3 aliphatic rings. The maximum atomic E-state index is 12.8. The van der Waals surface area contributed by atoms with Crippen LogP contribution in [0.3, 0.4) is 0 Å². The summed E-state index contributed by atoms with van der Waals surface area (Å²) in [5.41, 5.74) is 1.19. The van der Waals surface area contributed by atoms with Crippen LogP contribution < -0.4 is 9.64 Å². The minimum absolute atomic E-state index is 0.270. The number of carbonyl (C=O) groups is 1. The van der Waals surface area contributed by atoms with E-state index in [1.54, 1.807) is 7.11 Å². The Balaban J connectivity index is 1.17. The fraction of sp³-hybridized carbons (Fsp3) is 0.682. The van der Waals surface area contributed by atoms with Crippen molar-refractivity contribution in [3.8, 4) is 5.75 Å². The van der Waals surface area contributed by atoms with Crippen molar-refractivity contribution in [2.45, 2.75) is 18.9 Å². The molecule has 7 nitrogen and oxygen atoms in total. The molecule has 1 aromatic rings. The second kappa shape index (κ2) is 9.78. The largest absolute Gasteiger partial charge is 0.497 e. The van der Waals surface area contributed by atoms with Crippen molar-refractivity contribution in [1.29, 1.82) is 0 Å². The number of benzene rings is 1. The van der Waals surface area contributed by atoms with E-state index in [0.717, 1.165) is 71.3 Å². The number of carbonyl (C=O) groups excluding carboxylic acids is 1. The van der Waals surface area contributed by atoms with E-state index in [2.05, 4.69) is 26.8 Å². The minimum Gasteiger partial charge on any atom is -0.497 e. The van der Waals surface area contributed by atoms with E-state index in [9.17, 15) is 4.79 Å². The van der Waals surface area contributed by atoms with Gasteiger partial charge in [-0.3, -0.25) is 14.6 Å². The quantitative estimate of drug-likeness (QED) is 0.711. The molecule has 29 heavy (non-hydrogen) atoms. The maximum absolute atomic E-state index is 12.8. The van der Waals surface area contributed by atoms with Crippen LogP contribution >= 0.6 is 0 Å². The van der Waals surface area contributed by atoms with Gasteiger partial charge in [0.2, 0.25) is 5.91 Å². The van der Waals surface area contributed by atoms with Crippen molar-refractivity contribution in [3.63, 3.8) is 0 Å². The van der Waals surface area contributed by atoms with Gasteiger partial charge in [0.05, 0.1) is 19.8 Å². The zero-order valence-electron chi connectivity index (χ0n) is 17.6. The molecule has 3 saturated heterocycles. The van der Waals surface area contributed by atoms with Gasteiger partial charge in [0, 0.05) is 71.2 Å². The molecule has 3 aliphatic heterocycles. The van der Waals surface area contributed by atoms with E-state index in [1.807, 2.05) is 17.0 Å². The molecule has 0 spiro atoms. The number of nitrogens with zero attached hydrogens (tertiary/aromatic N) is 4. The summed E-state index contributed by atoms with van der Waals surface area (Å²) in [5.74, 6) is 1.14. The molecular weight excluding hydrogens is 368 g/mol. The number of hydrogen-bond donors (Lipinski definition) is 0. The number of piperazine rings is 2. The molecule has 1 amide bonds. The van der Waals surface area contributed by atoms with Crippen molar-refractivity contribution in [3.05, 3.63) is 24.3 Å². The van der Waals surface area contributed by atoms with Crippen molar-refractivity contribution < 1.29 is 14.3 Å². The molecule has 3 fully saturated rings. The van der Waals surface area contributed by atoms with Crippen molar-refractivity contribution in [1.82, 2.24) is 14.7 Å². The summed E-state index contributed by atoms with van der Waals surface area (Å²) in [4.78, 5) is 21.9. The lowest BCUT2D eigenvalue weighted by Crippen LogP contribution is -2.54. The van der Waals surface area contributed by atoms with Gasteiger partial charge in [-0.1, -0.05) is 0 Å². The van der Waals surface area contributed by atoms with E-state index >= 15 is 0 Å². The fourth-order valence-electron chi connectivity index (χ4n) is 4.50. The first-order valence-corrected chi connectivity index (χ1v) is 10.9. The van der Waals surface area contributed by atoms with Crippen LogP contribution in [0.25, 0.3) is 0 Å². The molecule has 1 aromatic carbocycles. The second-order valence-corrected chi connectivity index (χ2v) is 8.28. The molecule has 3 heterocycles. The number of anilines is 1. The van der Waals surface area contributed by atoms with Crippen molar-refractivity contribution in [2.75, 3.05) is 84.1 Å². The highest BCUT2D eigenvalue weighted by Crippen LogP contribution is 2.20. The Morgan fingerprint density at radius 1 is 1.00 bits per heavy atom. The number of amides is 1. The molecule has 1 atom stereocenters. The molecule has 4 rings (SSSR count). The van der Waals surface area contributed by atoms with Gasteiger partial charge in [0.1, 0.15) is 5.75 Å². The molecular formula is C22H34N4O3. The number of rotatable bonds is 6. The Morgan fingerprint density at radius 3 is 2.31 bits per heavy atom. The smallest absolute Gasteiger partial charge is 0.236 e. The Labute approximate surface area is 174 Å². The molecule has 1 unspecified atom stereocenters. The van der Waals surface area contributed by atoms with E-state index in [0.29, 0.717) is 12.6 Å². The van der Waals surface area contributed by atoms with E-state index in [1.165, 1.54) is 18.5 Å². The van der Waals surface area contributed by atoms with E-state index in [4.69, 9.17) is 9.47 Å². The van der Waals surface area contributed by atoms with E-state index in [-0.39, 0.29) is 5.91 Å². The van der Waals surface area contributed by atoms with Gasteiger partial charge in [-0.2, -0.15) is 0 Å². The Bertz CT molecular complexity index is 647. The number of hydrogen-bond acceptors (Lipinski definition) is 6. The molecule has 0 aliphatic carbocycles. The van der Waals surface area contributed by atoms with E-state index < -0.39 is 0 Å². The molecule has 0 N–H and O–H groups in total. The summed E-state index contributed by atoms with van der Waals surface area (Å²) in [6, 6.07) is 8.16. The molecule has 7 heteroatoms. The predicted octanol–water partition coefficient (Wildman–Crippen LogP) is 1.14. The highest BCUT2D eigenvalue weighted by Gasteiger charge is 2.26. The lowest BCUT2D eigenvalue weighted by Gasteiger charge is -2.39.